The van der Waals surface area contributed by atoms with Gasteiger partial charge in [0.05, 0.1) is 19.3 Å². The second-order valence-corrected chi connectivity index (χ2v) is 15.8. The van der Waals surface area contributed by atoms with E-state index < -0.39 is 38.6 Å². The maximum atomic E-state index is 12.6. The zero-order chi connectivity index (χ0) is 41.2. The molecule has 0 saturated carbocycles. The van der Waals surface area contributed by atoms with Crippen LogP contribution in [0.3, 0.4) is 0 Å². The van der Waals surface area contributed by atoms with Gasteiger partial charge in [0.1, 0.15) is 6.61 Å². The lowest BCUT2D eigenvalue weighted by molar-refractivity contribution is -0.161. The molecule has 2 unspecified atom stereocenters. The predicted octanol–water partition coefficient (Wildman–Crippen LogP) is 11.5. The zero-order valence-corrected chi connectivity index (χ0v) is 36.1. The number of carbonyl (C=O) groups excluding carboxylic acids is 2. The van der Waals surface area contributed by atoms with E-state index in [0.29, 0.717) is 19.3 Å². The highest BCUT2D eigenvalue weighted by molar-refractivity contribution is 7.47. The summed E-state index contributed by atoms with van der Waals surface area (Å²) in [6, 6.07) is 0. The Hall–Kier alpha value is -2.33. The lowest BCUT2D eigenvalue weighted by Crippen LogP contribution is -2.29. The fraction of sp³-hybridized carbons (Fsp3) is 0.733. The summed E-state index contributed by atoms with van der Waals surface area (Å²) >= 11 is 0. The van der Waals surface area contributed by atoms with Crippen LogP contribution in [-0.2, 0) is 32.7 Å². The highest BCUT2D eigenvalue weighted by Gasteiger charge is 2.26. The molecule has 324 valence electrons. The van der Waals surface area contributed by atoms with Crippen LogP contribution >= 0.6 is 7.82 Å². The number of allylic oxidation sites excluding steroid dienone is 9. The monoisotopic (exact) mass is 810 g/mol. The van der Waals surface area contributed by atoms with E-state index in [2.05, 4.69) is 50.3 Å². The van der Waals surface area contributed by atoms with Crippen molar-refractivity contribution in [1.82, 2.24) is 0 Å². The van der Waals surface area contributed by atoms with Crippen molar-refractivity contribution in [2.45, 2.75) is 187 Å². The molecule has 0 aliphatic carbocycles. The number of esters is 2. The molecule has 0 fully saturated rings. The number of phosphoric acid groups is 1. The predicted molar refractivity (Wildman–Crippen MR) is 230 cm³/mol. The van der Waals surface area contributed by atoms with E-state index in [9.17, 15) is 24.2 Å². The van der Waals surface area contributed by atoms with Gasteiger partial charge in [0.2, 0.25) is 0 Å². The fourth-order valence-electron chi connectivity index (χ4n) is 5.78. The minimum atomic E-state index is -4.43. The Morgan fingerprint density at radius 2 is 1.12 bits per heavy atom. The molecule has 0 aromatic carbocycles. The Morgan fingerprint density at radius 3 is 1.66 bits per heavy atom. The number of nitrogens with two attached hydrogens (primary N) is 1. The number of rotatable bonds is 40. The van der Waals surface area contributed by atoms with Crippen LogP contribution < -0.4 is 5.73 Å². The second-order valence-electron chi connectivity index (χ2n) is 14.4. The lowest BCUT2D eigenvalue weighted by atomic mass is 10.0. The number of ether oxygens (including phenoxy) is 2. The average molecular weight is 810 g/mol. The highest BCUT2D eigenvalue weighted by Crippen LogP contribution is 2.43. The number of hydrogen-bond donors (Lipinski definition) is 3. The van der Waals surface area contributed by atoms with E-state index >= 15 is 0 Å². The van der Waals surface area contributed by atoms with Crippen LogP contribution in [0, 0.1) is 0 Å². The van der Waals surface area contributed by atoms with Gasteiger partial charge in [-0.1, -0.05) is 177 Å². The number of unbranched alkanes of at least 4 members (excludes halogenated alkanes) is 16. The van der Waals surface area contributed by atoms with E-state index in [4.69, 9.17) is 24.3 Å². The summed E-state index contributed by atoms with van der Waals surface area (Å²) in [5.41, 5.74) is 5.33. The molecular weight excluding hydrogens is 729 g/mol. The van der Waals surface area contributed by atoms with Crippen molar-refractivity contribution in [3.8, 4) is 0 Å². The molecule has 4 N–H and O–H groups in total. The topological polar surface area (TPSA) is 155 Å². The smallest absolute Gasteiger partial charge is 0.462 e. The Labute approximate surface area is 341 Å². The molecule has 10 nitrogen and oxygen atoms in total. The summed E-state index contributed by atoms with van der Waals surface area (Å²) in [4.78, 5) is 34.9. The number of aliphatic hydroxyl groups is 1. The van der Waals surface area contributed by atoms with Crippen molar-refractivity contribution in [2.75, 3.05) is 26.4 Å². The van der Waals surface area contributed by atoms with Gasteiger partial charge in [-0.05, 0) is 44.9 Å². The Morgan fingerprint density at radius 1 is 0.625 bits per heavy atom. The molecule has 11 heteroatoms. The molecule has 0 heterocycles. The van der Waals surface area contributed by atoms with Gasteiger partial charge in [-0.25, -0.2) is 4.57 Å². The molecule has 0 spiro atoms. The van der Waals surface area contributed by atoms with Gasteiger partial charge in [0.15, 0.2) is 6.10 Å². The normalized spacial score (nSPS) is 14.4. The number of phosphoric ester groups is 1. The Kier molecular flexibility index (Phi) is 39.2. The van der Waals surface area contributed by atoms with Crippen LogP contribution in [0.5, 0.6) is 0 Å². The third-order valence-electron chi connectivity index (χ3n) is 9.02. The van der Waals surface area contributed by atoms with Gasteiger partial charge in [0, 0.05) is 19.4 Å². The highest BCUT2D eigenvalue weighted by atomic mass is 31.2. The summed E-state index contributed by atoms with van der Waals surface area (Å²) in [7, 11) is -4.43. The van der Waals surface area contributed by atoms with Crippen LogP contribution in [0.15, 0.2) is 60.8 Å². The van der Waals surface area contributed by atoms with Crippen LogP contribution in [0.25, 0.3) is 0 Å². The van der Waals surface area contributed by atoms with Crippen LogP contribution in [0.1, 0.15) is 174 Å². The Bertz CT molecular complexity index is 1120. The molecule has 0 aliphatic heterocycles. The first-order chi connectivity index (χ1) is 27.2. The van der Waals surface area contributed by atoms with Gasteiger partial charge in [-0.15, -0.1) is 0 Å². The molecule has 0 aromatic rings. The number of hydrogen-bond acceptors (Lipinski definition) is 9. The quantitative estimate of drug-likeness (QED) is 0.0179. The summed E-state index contributed by atoms with van der Waals surface area (Å²) < 4.78 is 32.6. The van der Waals surface area contributed by atoms with E-state index in [0.717, 1.165) is 44.9 Å². The van der Waals surface area contributed by atoms with E-state index in [1.165, 1.54) is 83.5 Å². The fourth-order valence-corrected chi connectivity index (χ4v) is 6.55. The van der Waals surface area contributed by atoms with Crippen molar-refractivity contribution in [3.63, 3.8) is 0 Å². The van der Waals surface area contributed by atoms with Crippen LogP contribution in [-0.4, -0.2) is 60.5 Å². The summed E-state index contributed by atoms with van der Waals surface area (Å²) in [5.74, 6) is -1.03. The second kappa shape index (κ2) is 40.9. The zero-order valence-electron chi connectivity index (χ0n) is 35.2. The molecule has 0 rings (SSSR count). The molecule has 0 amide bonds. The number of carbonyl (C=O) groups is 2. The SMILES string of the molecule is CC/C=C\C/C=C\C/C=C\C/C=C\C=C\C(O)CCCC(=O)O[C@H](COC(=O)CCCCCCCCCCCCCCCCCCC)COP(=O)(O)OCCN. The summed E-state index contributed by atoms with van der Waals surface area (Å²) in [6.45, 7) is 3.39. The van der Waals surface area contributed by atoms with Crippen molar-refractivity contribution in [1.29, 1.82) is 0 Å². The standard InChI is InChI=1S/C45H80NO9P/c1-3-5-7-9-11-13-15-17-18-19-20-22-24-26-28-30-32-36-44(48)52-40-43(41-54-56(50,51)53-39-38-46)55-45(49)37-33-35-42(47)34-31-29-27-25-23-21-16-14-12-10-8-6-4-2/h6,8,12,14,21,23,27,29,31,34,42-43,47H,3-5,7,9-11,13,15-20,22,24-26,28,30,32-33,35-41,46H2,1-2H3,(H,50,51)/b8-6-,14-12-,23-21-,29-27-,34-31+/t42?,43-/m1/s1. The first-order valence-electron chi connectivity index (χ1n) is 21.9. The molecule has 56 heavy (non-hydrogen) atoms. The van der Waals surface area contributed by atoms with Crippen molar-refractivity contribution in [3.05, 3.63) is 60.8 Å². The van der Waals surface area contributed by atoms with E-state index in [1.807, 2.05) is 12.2 Å². The van der Waals surface area contributed by atoms with Gasteiger partial charge in [-0.2, -0.15) is 0 Å². The number of aliphatic hydroxyl groups excluding tert-OH is 1. The third-order valence-corrected chi connectivity index (χ3v) is 10.0. The lowest BCUT2D eigenvalue weighted by Gasteiger charge is -2.20. The first-order valence-corrected chi connectivity index (χ1v) is 23.4. The first kappa shape index (κ1) is 53.7. The molecule has 0 aliphatic rings. The molecular formula is C45H80NO9P. The van der Waals surface area contributed by atoms with Gasteiger partial charge < -0.3 is 25.2 Å². The molecule has 0 saturated heterocycles. The van der Waals surface area contributed by atoms with Gasteiger partial charge in [0.25, 0.3) is 0 Å². The molecule has 3 atom stereocenters. The van der Waals surface area contributed by atoms with Gasteiger partial charge >= 0.3 is 19.8 Å². The van der Waals surface area contributed by atoms with Crippen molar-refractivity contribution < 1.29 is 42.7 Å². The van der Waals surface area contributed by atoms with Gasteiger partial charge in [-0.3, -0.25) is 18.6 Å². The maximum Gasteiger partial charge on any atom is 0.472 e. The Balaban J connectivity index is 4.33. The molecule has 0 bridgehead atoms. The largest absolute Gasteiger partial charge is 0.472 e. The van der Waals surface area contributed by atoms with Crippen LogP contribution in [0.2, 0.25) is 0 Å². The molecule has 0 aromatic heterocycles. The minimum Gasteiger partial charge on any atom is -0.462 e. The third kappa shape index (κ3) is 39.9. The van der Waals surface area contributed by atoms with Crippen molar-refractivity contribution in [2.24, 2.45) is 5.73 Å². The summed E-state index contributed by atoms with van der Waals surface area (Å²) in [5, 5.41) is 10.3. The summed E-state index contributed by atoms with van der Waals surface area (Å²) in [6.07, 6.45) is 44.3. The van der Waals surface area contributed by atoms with E-state index in [1.54, 1.807) is 12.2 Å². The minimum absolute atomic E-state index is 0.000961. The van der Waals surface area contributed by atoms with Crippen molar-refractivity contribution >= 4 is 19.8 Å². The molecule has 0 radical (unpaired) electrons. The average Bonchev–Trinajstić information content (AvgIpc) is 3.18. The van der Waals surface area contributed by atoms with Crippen LogP contribution in [0.4, 0.5) is 0 Å². The maximum absolute atomic E-state index is 12.6. The van der Waals surface area contributed by atoms with E-state index in [-0.39, 0.29) is 32.6 Å².